The molecule has 2 radical (unpaired) electrons. The highest BCUT2D eigenvalue weighted by Crippen LogP contribution is 2.04. The van der Waals surface area contributed by atoms with Gasteiger partial charge >= 0.3 is 0 Å². The predicted molar refractivity (Wildman–Crippen MR) is 39.1 cm³/mol. The Labute approximate surface area is 65.7 Å². The SMILES string of the molecule is OCCCOc1[c][c]ncc1. The Morgan fingerprint density at radius 3 is 3.18 bits per heavy atom. The molecule has 0 bridgehead atoms. The topological polar surface area (TPSA) is 42.4 Å². The summed E-state index contributed by atoms with van der Waals surface area (Å²) in [6.45, 7) is 0.652. The van der Waals surface area contributed by atoms with Gasteiger partial charge in [-0.25, -0.2) is 0 Å². The quantitative estimate of drug-likeness (QED) is 0.635. The molecule has 11 heavy (non-hydrogen) atoms. The fourth-order valence-corrected chi connectivity index (χ4v) is 0.602. The van der Waals surface area contributed by atoms with Crippen LogP contribution in [0.15, 0.2) is 12.3 Å². The maximum atomic E-state index is 8.43. The summed E-state index contributed by atoms with van der Waals surface area (Å²) >= 11 is 0. The van der Waals surface area contributed by atoms with Crippen molar-refractivity contribution < 1.29 is 9.84 Å². The lowest BCUT2D eigenvalue weighted by Gasteiger charge is -2.01. The molecule has 1 rings (SSSR count). The number of hydrogen-bond donors (Lipinski definition) is 1. The molecule has 3 heteroatoms. The zero-order valence-electron chi connectivity index (χ0n) is 6.08. The van der Waals surface area contributed by atoms with E-state index in [0.717, 1.165) is 0 Å². The van der Waals surface area contributed by atoms with Crippen LogP contribution < -0.4 is 4.74 Å². The van der Waals surface area contributed by atoms with E-state index in [2.05, 4.69) is 17.2 Å². The average Bonchev–Trinajstić information content (AvgIpc) is 2.07. The number of pyridine rings is 1. The van der Waals surface area contributed by atoms with Gasteiger partial charge in [0.05, 0.1) is 12.7 Å². The van der Waals surface area contributed by atoms with E-state index in [1.807, 2.05) is 0 Å². The number of nitrogens with zero attached hydrogens (tertiary/aromatic N) is 1. The van der Waals surface area contributed by atoms with Crippen LogP contribution in [0.1, 0.15) is 6.42 Å². The fourth-order valence-electron chi connectivity index (χ4n) is 0.602. The van der Waals surface area contributed by atoms with Gasteiger partial charge in [-0.05, 0) is 6.07 Å². The molecule has 1 N–H and O–H groups in total. The lowest BCUT2D eigenvalue weighted by molar-refractivity contribution is 0.233. The third kappa shape index (κ3) is 3.00. The Morgan fingerprint density at radius 2 is 2.55 bits per heavy atom. The average molecular weight is 151 g/mol. The summed E-state index contributed by atoms with van der Waals surface area (Å²) in [5, 5.41) is 8.43. The van der Waals surface area contributed by atoms with Crippen LogP contribution in [-0.4, -0.2) is 23.3 Å². The molecule has 0 fully saturated rings. The minimum atomic E-state index is 0.148. The second-order valence-electron chi connectivity index (χ2n) is 1.97. The minimum Gasteiger partial charge on any atom is -0.493 e. The van der Waals surface area contributed by atoms with E-state index < -0.39 is 0 Å². The molecule has 0 atom stereocenters. The van der Waals surface area contributed by atoms with Crippen molar-refractivity contribution in [3.8, 4) is 5.75 Å². The fraction of sp³-hybridized carbons (Fsp3) is 0.375. The lowest BCUT2D eigenvalue weighted by atomic mass is 10.4. The van der Waals surface area contributed by atoms with E-state index in [4.69, 9.17) is 9.84 Å². The first-order chi connectivity index (χ1) is 5.43. The zero-order chi connectivity index (χ0) is 7.94. The van der Waals surface area contributed by atoms with Crippen molar-refractivity contribution >= 4 is 0 Å². The number of aliphatic hydroxyl groups excluding tert-OH is 1. The molecule has 0 saturated heterocycles. The standard InChI is InChI=1S/C8H9NO2/c10-6-1-7-11-8-2-4-9-5-3-8/h2,4,10H,1,6-7H2. The molecule has 0 amide bonds. The van der Waals surface area contributed by atoms with E-state index in [9.17, 15) is 0 Å². The summed E-state index contributed by atoms with van der Waals surface area (Å²) in [6, 6.07) is 4.39. The van der Waals surface area contributed by atoms with E-state index >= 15 is 0 Å². The lowest BCUT2D eigenvalue weighted by Crippen LogP contribution is -1.99. The molecule has 0 aromatic carbocycles. The number of rotatable bonds is 4. The first-order valence-electron chi connectivity index (χ1n) is 3.41. The molecule has 1 heterocycles. The largest absolute Gasteiger partial charge is 0.493 e. The molecule has 0 aliphatic heterocycles. The molecule has 1 aromatic rings. The summed E-state index contributed by atoms with van der Waals surface area (Å²) in [5.74, 6) is 0.619. The van der Waals surface area contributed by atoms with E-state index in [-0.39, 0.29) is 6.61 Å². The van der Waals surface area contributed by atoms with Crippen LogP contribution >= 0.6 is 0 Å². The van der Waals surface area contributed by atoms with Crippen LogP contribution in [0.5, 0.6) is 5.75 Å². The maximum absolute atomic E-state index is 8.43. The molecule has 58 valence electrons. The van der Waals surface area contributed by atoms with Crippen LogP contribution in [-0.2, 0) is 0 Å². The van der Waals surface area contributed by atoms with Crippen molar-refractivity contribution in [3.05, 3.63) is 24.5 Å². The van der Waals surface area contributed by atoms with Gasteiger partial charge < -0.3 is 9.84 Å². The van der Waals surface area contributed by atoms with Gasteiger partial charge in [0.1, 0.15) is 11.9 Å². The second-order valence-corrected chi connectivity index (χ2v) is 1.97. The highest BCUT2D eigenvalue weighted by atomic mass is 16.5. The van der Waals surface area contributed by atoms with Crippen LogP contribution in [0.4, 0.5) is 0 Å². The monoisotopic (exact) mass is 151 g/mol. The van der Waals surface area contributed by atoms with Gasteiger partial charge in [-0.2, -0.15) is 0 Å². The normalized spacial score (nSPS) is 9.55. The first kappa shape index (κ1) is 8.01. The third-order valence-electron chi connectivity index (χ3n) is 1.10. The Balaban J connectivity index is 2.28. The summed E-state index contributed by atoms with van der Waals surface area (Å²) < 4.78 is 5.16. The molecule has 0 aliphatic carbocycles. The van der Waals surface area contributed by atoms with E-state index in [1.54, 1.807) is 12.3 Å². The molecule has 0 unspecified atom stereocenters. The van der Waals surface area contributed by atoms with Crippen LogP contribution in [0.3, 0.4) is 0 Å². The number of aliphatic hydroxyl groups is 1. The highest BCUT2D eigenvalue weighted by Gasteiger charge is 1.90. The zero-order valence-corrected chi connectivity index (χ0v) is 6.08. The molecule has 3 nitrogen and oxygen atoms in total. The van der Waals surface area contributed by atoms with Crippen molar-refractivity contribution in [2.24, 2.45) is 0 Å². The van der Waals surface area contributed by atoms with E-state index in [1.165, 1.54) is 0 Å². The maximum Gasteiger partial charge on any atom is 0.131 e. The van der Waals surface area contributed by atoms with Crippen molar-refractivity contribution in [2.75, 3.05) is 13.2 Å². The van der Waals surface area contributed by atoms with Gasteiger partial charge in [0, 0.05) is 19.2 Å². The highest BCUT2D eigenvalue weighted by molar-refractivity contribution is 5.14. The van der Waals surface area contributed by atoms with E-state index in [0.29, 0.717) is 18.8 Å². The van der Waals surface area contributed by atoms with Gasteiger partial charge in [-0.15, -0.1) is 0 Å². The van der Waals surface area contributed by atoms with Gasteiger partial charge in [0.2, 0.25) is 0 Å². The second kappa shape index (κ2) is 4.68. The molecular formula is C8H9NO2. The molecule has 1 aromatic heterocycles. The van der Waals surface area contributed by atoms with Crippen molar-refractivity contribution in [3.63, 3.8) is 0 Å². The van der Waals surface area contributed by atoms with Crippen molar-refractivity contribution in [2.45, 2.75) is 6.42 Å². The summed E-state index contributed by atoms with van der Waals surface area (Å²) in [7, 11) is 0. The molecule has 0 spiro atoms. The predicted octanol–water partition coefficient (Wildman–Crippen LogP) is 0.443. The van der Waals surface area contributed by atoms with Gasteiger partial charge in [-0.3, -0.25) is 4.98 Å². The Kier molecular flexibility index (Phi) is 3.41. The first-order valence-corrected chi connectivity index (χ1v) is 3.41. The van der Waals surface area contributed by atoms with Crippen LogP contribution in [0.25, 0.3) is 0 Å². The molecule has 0 aliphatic rings. The Bertz CT molecular complexity index is 189. The van der Waals surface area contributed by atoms with Crippen LogP contribution in [0.2, 0.25) is 0 Å². The van der Waals surface area contributed by atoms with Crippen molar-refractivity contribution in [1.82, 2.24) is 4.98 Å². The molecular weight excluding hydrogens is 142 g/mol. The number of hydrogen-bond acceptors (Lipinski definition) is 3. The third-order valence-corrected chi connectivity index (χ3v) is 1.10. The summed E-state index contributed by atoms with van der Waals surface area (Å²) in [6.07, 6.45) is 4.75. The summed E-state index contributed by atoms with van der Waals surface area (Å²) in [4.78, 5) is 3.66. The number of aromatic nitrogens is 1. The molecule has 0 saturated carbocycles. The number of ether oxygens (including phenoxy) is 1. The van der Waals surface area contributed by atoms with Gasteiger partial charge in [-0.1, -0.05) is 0 Å². The van der Waals surface area contributed by atoms with Gasteiger partial charge in [0.25, 0.3) is 0 Å². The van der Waals surface area contributed by atoms with Crippen molar-refractivity contribution in [1.29, 1.82) is 0 Å². The minimum absolute atomic E-state index is 0.148. The van der Waals surface area contributed by atoms with Gasteiger partial charge in [0.15, 0.2) is 0 Å². The smallest absolute Gasteiger partial charge is 0.131 e. The Morgan fingerprint density at radius 1 is 1.64 bits per heavy atom. The Hall–Kier alpha value is -1.09. The van der Waals surface area contributed by atoms with Crippen LogP contribution in [0, 0.1) is 12.3 Å². The summed E-state index contributed by atoms with van der Waals surface area (Å²) in [5.41, 5.74) is 0.